The van der Waals surface area contributed by atoms with Gasteiger partial charge in [0.2, 0.25) is 0 Å². The van der Waals surface area contributed by atoms with Gasteiger partial charge < -0.3 is 5.32 Å². The number of aromatic nitrogens is 2. The molecule has 2 aromatic rings. The fraction of sp³-hybridized carbons (Fsp3) is 0.100. The number of carbonyl (C=O) groups is 1. The van der Waals surface area contributed by atoms with Crippen molar-refractivity contribution in [2.24, 2.45) is 7.05 Å². The van der Waals surface area contributed by atoms with Crippen molar-refractivity contribution in [3.63, 3.8) is 0 Å². The standard InChI is InChI=1S/C10H7ClN4O/c1-15-5-6-2-9(13-10(16)4-12)7(11)3-8(6)14-15/h2-3,5H,1H3,(H,13,16). The van der Waals surface area contributed by atoms with Gasteiger partial charge in [-0.2, -0.15) is 10.4 Å². The third-order valence-corrected chi connectivity index (χ3v) is 2.37. The number of nitriles is 1. The summed E-state index contributed by atoms with van der Waals surface area (Å²) in [5.41, 5.74) is 1.15. The molecule has 5 nitrogen and oxygen atoms in total. The Morgan fingerprint density at radius 3 is 3.06 bits per heavy atom. The summed E-state index contributed by atoms with van der Waals surface area (Å²) < 4.78 is 1.65. The minimum atomic E-state index is -0.745. The van der Waals surface area contributed by atoms with Gasteiger partial charge in [-0.15, -0.1) is 0 Å². The highest BCUT2D eigenvalue weighted by Gasteiger charge is 2.08. The van der Waals surface area contributed by atoms with E-state index in [1.54, 1.807) is 30.1 Å². The molecule has 2 rings (SSSR count). The Bertz CT molecular complexity index is 611. The molecule has 0 bridgehead atoms. The summed E-state index contributed by atoms with van der Waals surface area (Å²) in [6.07, 6.45) is 1.80. The molecule has 1 N–H and O–H groups in total. The van der Waals surface area contributed by atoms with Crippen LogP contribution in [0.4, 0.5) is 5.69 Å². The number of hydrogen-bond acceptors (Lipinski definition) is 3. The van der Waals surface area contributed by atoms with E-state index >= 15 is 0 Å². The van der Waals surface area contributed by atoms with Crippen LogP contribution in [0.25, 0.3) is 10.9 Å². The van der Waals surface area contributed by atoms with Crippen molar-refractivity contribution in [1.29, 1.82) is 5.26 Å². The number of rotatable bonds is 1. The largest absolute Gasteiger partial charge is 0.326 e. The number of halogens is 1. The molecule has 16 heavy (non-hydrogen) atoms. The molecule has 0 spiro atoms. The van der Waals surface area contributed by atoms with Gasteiger partial charge in [0, 0.05) is 18.6 Å². The van der Waals surface area contributed by atoms with Crippen LogP contribution in [-0.4, -0.2) is 15.7 Å². The van der Waals surface area contributed by atoms with E-state index in [2.05, 4.69) is 10.4 Å². The molecule has 0 aliphatic rings. The van der Waals surface area contributed by atoms with E-state index < -0.39 is 5.91 Å². The highest BCUT2D eigenvalue weighted by atomic mass is 35.5. The van der Waals surface area contributed by atoms with Crippen LogP contribution in [0.5, 0.6) is 0 Å². The summed E-state index contributed by atoms with van der Waals surface area (Å²) in [6, 6.07) is 4.79. The molecule has 1 heterocycles. The van der Waals surface area contributed by atoms with E-state index in [1.165, 1.54) is 6.07 Å². The number of carbonyl (C=O) groups excluding carboxylic acids is 1. The number of benzene rings is 1. The summed E-state index contributed by atoms with van der Waals surface area (Å²) in [6.45, 7) is 0. The molecule has 1 amide bonds. The molecule has 80 valence electrons. The Labute approximate surface area is 96.2 Å². The molecule has 0 aliphatic heterocycles. The first-order valence-corrected chi connectivity index (χ1v) is 4.82. The first kappa shape index (κ1) is 10.5. The molecular formula is C10H7ClN4O. The van der Waals surface area contributed by atoms with Gasteiger partial charge in [0.15, 0.2) is 6.07 Å². The smallest absolute Gasteiger partial charge is 0.312 e. The van der Waals surface area contributed by atoms with E-state index in [9.17, 15) is 4.79 Å². The Morgan fingerprint density at radius 2 is 2.38 bits per heavy atom. The van der Waals surface area contributed by atoms with E-state index in [1.807, 2.05) is 0 Å². The Balaban J connectivity index is 2.50. The Kier molecular flexibility index (Phi) is 2.50. The van der Waals surface area contributed by atoms with Gasteiger partial charge in [-0.05, 0) is 12.1 Å². The molecule has 0 aliphatic carbocycles. The third kappa shape index (κ3) is 1.83. The molecule has 0 radical (unpaired) electrons. The maximum Gasteiger partial charge on any atom is 0.326 e. The maximum absolute atomic E-state index is 10.9. The zero-order chi connectivity index (χ0) is 11.7. The van der Waals surface area contributed by atoms with Crippen molar-refractivity contribution in [3.05, 3.63) is 23.4 Å². The zero-order valence-corrected chi connectivity index (χ0v) is 9.12. The number of nitrogens with one attached hydrogen (secondary N) is 1. The lowest BCUT2D eigenvalue weighted by Crippen LogP contribution is -2.08. The predicted molar refractivity (Wildman–Crippen MR) is 60.0 cm³/mol. The first-order valence-electron chi connectivity index (χ1n) is 4.44. The Morgan fingerprint density at radius 1 is 1.62 bits per heavy atom. The van der Waals surface area contributed by atoms with Gasteiger partial charge in [0.25, 0.3) is 0 Å². The van der Waals surface area contributed by atoms with Crippen molar-refractivity contribution >= 4 is 34.1 Å². The van der Waals surface area contributed by atoms with Crippen LogP contribution in [0, 0.1) is 11.3 Å². The molecule has 1 aromatic carbocycles. The van der Waals surface area contributed by atoms with Gasteiger partial charge in [-0.25, -0.2) is 0 Å². The van der Waals surface area contributed by atoms with Crippen LogP contribution in [0.2, 0.25) is 5.02 Å². The van der Waals surface area contributed by atoms with Gasteiger partial charge in [-0.3, -0.25) is 9.48 Å². The topological polar surface area (TPSA) is 70.7 Å². The number of nitrogens with zero attached hydrogens (tertiary/aromatic N) is 3. The van der Waals surface area contributed by atoms with Crippen LogP contribution >= 0.6 is 11.6 Å². The van der Waals surface area contributed by atoms with E-state index in [4.69, 9.17) is 16.9 Å². The van der Waals surface area contributed by atoms with Gasteiger partial charge in [0.05, 0.1) is 16.2 Å². The molecule has 0 saturated carbocycles. The molecule has 6 heteroatoms. The summed E-state index contributed by atoms with van der Waals surface area (Å²) in [5, 5.41) is 16.1. The monoisotopic (exact) mass is 234 g/mol. The van der Waals surface area contributed by atoms with Crippen LogP contribution in [0.1, 0.15) is 0 Å². The normalized spacial score (nSPS) is 10.1. The highest BCUT2D eigenvalue weighted by molar-refractivity contribution is 6.34. The first-order chi connectivity index (χ1) is 7.60. The molecule has 0 unspecified atom stereocenters. The quantitative estimate of drug-likeness (QED) is 0.764. The predicted octanol–water partition coefficient (Wildman–Crippen LogP) is 1.69. The van der Waals surface area contributed by atoms with Crippen molar-refractivity contribution < 1.29 is 4.79 Å². The average molecular weight is 235 g/mol. The van der Waals surface area contributed by atoms with Crippen LogP contribution in [0.15, 0.2) is 18.3 Å². The minimum Gasteiger partial charge on any atom is -0.312 e. The Hall–Kier alpha value is -2.06. The van der Waals surface area contributed by atoms with Gasteiger partial charge in [-0.1, -0.05) is 11.6 Å². The van der Waals surface area contributed by atoms with Crippen molar-refractivity contribution in [3.8, 4) is 6.07 Å². The summed E-state index contributed by atoms with van der Waals surface area (Å²) in [7, 11) is 1.79. The number of aryl methyl sites for hydroxylation is 1. The number of amides is 1. The fourth-order valence-corrected chi connectivity index (χ4v) is 1.62. The van der Waals surface area contributed by atoms with Gasteiger partial charge >= 0.3 is 5.91 Å². The second kappa shape index (κ2) is 3.83. The molecule has 0 saturated heterocycles. The van der Waals surface area contributed by atoms with Crippen LogP contribution in [0.3, 0.4) is 0 Å². The summed E-state index contributed by atoms with van der Waals surface area (Å²) in [4.78, 5) is 10.9. The average Bonchev–Trinajstić information content (AvgIpc) is 2.58. The van der Waals surface area contributed by atoms with E-state index in [0.29, 0.717) is 10.7 Å². The fourth-order valence-electron chi connectivity index (χ4n) is 1.42. The minimum absolute atomic E-state index is 0.356. The summed E-state index contributed by atoms with van der Waals surface area (Å²) in [5.74, 6) is -0.745. The second-order valence-corrected chi connectivity index (χ2v) is 3.67. The lowest BCUT2D eigenvalue weighted by molar-refractivity contribution is -0.111. The second-order valence-electron chi connectivity index (χ2n) is 3.26. The van der Waals surface area contributed by atoms with Crippen LogP contribution in [-0.2, 0) is 11.8 Å². The van der Waals surface area contributed by atoms with E-state index in [0.717, 1.165) is 10.9 Å². The lowest BCUT2D eigenvalue weighted by Gasteiger charge is -2.02. The number of anilines is 1. The third-order valence-electron chi connectivity index (χ3n) is 2.06. The van der Waals surface area contributed by atoms with Crippen LogP contribution < -0.4 is 5.32 Å². The van der Waals surface area contributed by atoms with Crippen molar-refractivity contribution in [1.82, 2.24) is 9.78 Å². The molecule has 0 atom stereocenters. The van der Waals surface area contributed by atoms with Gasteiger partial charge in [0.1, 0.15) is 0 Å². The maximum atomic E-state index is 10.9. The van der Waals surface area contributed by atoms with Crippen molar-refractivity contribution in [2.75, 3.05) is 5.32 Å². The zero-order valence-electron chi connectivity index (χ0n) is 8.36. The van der Waals surface area contributed by atoms with Crippen molar-refractivity contribution in [2.45, 2.75) is 0 Å². The lowest BCUT2D eigenvalue weighted by atomic mass is 10.2. The molecule has 1 aromatic heterocycles. The molecule has 0 fully saturated rings. The van der Waals surface area contributed by atoms with E-state index in [-0.39, 0.29) is 0 Å². The number of fused-ring (bicyclic) bond motifs is 1. The SMILES string of the molecule is Cn1cc2cc(NC(=O)C#N)c(Cl)cc2n1. The highest BCUT2D eigenvalue weighted by Crippen LogP contribution is 2.27. The number of hydrogen-bond donors (Lipinski definition) is 1. The summed E-state index contributed by atoms with van der Waals surface area (Å²) >= 11 is 5.94. The molecular weight excluding hydrogens is 228 g/mol.